The summed E-state index contributed by atoms with van der Waals surface area (Å²) in [6, 6.07) is 7.93. The summed E-state index contributed by atoms with van der Waals surface area (Å²) >= 11 is 0. The molecule has 3 heteroatoms. The van der Waals surface area contributed by atoms with Crippen LogP contribution in [0.2, 0.25) is 0 Å². The minimum absolute atomic E-state index is 0.0341. The fourth-order valence-electron chi connectivity index (χ4n) is 2.63. The Bertz CT molecular complexity index is 454. The van der Waals surface area contributed by atoms with Crippen LogP contribution in [0.3, 0.4) is 0 Å². The Labute approximate surface area is 109 Å². The molecular formula is C15H22N2O. The van der Waals surface area contributed by atoms with E-state index in [9.17, 15) is 4.79 Å². The standard InChI is InChI=1S/C15H22N2O/c1-5-15(3,4)13-14(18)16-11-9-7-8-10-12(11)17(13)6-2/h7-10,13H,5-6H2,1-4H3,(H,16,18). The lowest BCUT2D eigenvalue weighted by Gasteiger charge is -2.45. The van der Waals surface area contributed by atoms with Gasteiger partial charge in [-0.05, 0) is 30.9 Å². The van der Waals surface area contributed by atoms with Crippen LogP contribution in [0.1, 0.15) is 34.1 Å². The summed E-state index contributed by atoms with van der Waals surface area (Å²) in [7, 11) is 0. The molecule has 0 fully saturated rings. The van der Waals surface area contributed by atoms with Crippen molar-refractivity contribution in [3.05, 3.63) is 24.3 Å². The van der Waals surface area contributed by atoms with Gasteiger partial charge in [0.2, 0.25) is 5.91 Å². The van der Waals surface area contributed by atoms with Gasteiger partial charge in [-0.1, -0.05) is 32.9 Å². The monoisotopic (exact) mass is 246 g/mol. The molecule has 0 saturated carbocycles. The van der Waals surface area contributed by atoms with Crippen molar-refractivity contribution in [3.8, 4) is 0 Å². The summed E-state index contributed by atoms with van der Waals surface area (Å²) in [5.41, 5.74) is 2.02. The van der Waals surface area contributed by atoms with Gasteiger partial charge in [0.05, 0.1) is 11.4 Å². The van der Waals surface area contributed by atoms with Crippen molar-refractivity contribution < 1.29 is 4.79 Å². The topological polar surface area (TPSA) is 32.3 Å². The van der Waals surface area contributed by atoms with Crippen LogP contribution >= 0.6 is 0 Å². The molecule has 3 nitrogen and oxygen atoms in total. The number of amides is 1. The highest BCUT2D eigenvalue weighted by atomic mass is 16.2. The van der Waals surface area contributed by atoms with Crippen LogP contribution in [0, 0.1) is 5.41 Å². The Morgan fingerprint density at radius 1 is 1.28 bits per heavy atom. The second kappa shape index (κ2) is 4.63. The number of nitrogens with zero attached hydrogens (tertiary/aromatic N) is 1. The van der Waals surface area contributed by atoms with Crippen LogP contribution in [-0.4, -0.2) is 18.5 Å². The molecule has 1 aliphatic rings. The second-order valence-electron chi connectivity index (χ2n) is 5.54. The fourth-order valence-corrected chi connectivity index (χ4v) is 2.63. The molecule has 1 N–H and O–H groups in total. The number of carbonyl (C=O) groups is 1. The number of anilines is 2. The van der Waals surface area contributed by atoms with Crippen LogP contribution in [0.5, 0.6) is 0 Å². The maximum Gasteiger partial charge on any atom is 0.247 e. The fraction of sp³-hybridized carbons (Fsp3) is 0.533. The van der Waals surface area contributed by atoms with E-state index in [-0.39, 0.29) is 17.4 Å². The minimum atomic E-state index is -0.0950. The predicted octanol–water partition coefficient (Wildman–Crippen LogP) is 3.27. The molecule has 0 aliphatic carbocycles. The second-order valence-corrected chi connectivity index (χ2v) is 5.54. The van der Waals surface area contributed by atoms with Gasteiger partial charge in [-0.2, -0.15) is 0 Å². The van der Waals surface area contributed by atoms with Crippen LogP contribution in [0.25, 0.3) is 0 Å². The molecule has 1 aromatic rings. The molecule has 0 bridgehead atoms. The average molecular weight is 246 g/mol. The van der Waals surface area contributed by atoms with E-state index in [0.29, 0.717) is 0 Å². The largest absolute Gasteiger partial charge is 0.358 e. The van der Waals surface area contributed by atoms with Crippen LogP contribution < -0.4 is 10.2 Å². The van der Waals surface area contributed by atoms with E-state index >= 15 is 0 Å². The lowest BCUT2D eigenvalue weighted by Crippen LogP contribution is -2.55. The number of hydrogen-bond donors (Lipinski definition) is 1. The zero-order valence-electron chi connectivity index (χ0n) is 11.7. The predicted molar refractivity (Wildman–Crippen MR) is 76.0 cm³/mol. The molecule has 1 unspecified atom stereocenters. The quantitative estimate of drug-likeness (QED) is 0.887. The number of carbonyl (C=O) groups excluding carboxylic acids is 1. The first-order chi connectivity index (χ1) is 8.51. The number of nitrogens with one attached hydrogen (secondary N) is 1. The molecule has 1 amide bonds. The Hall–Kier alpha value is -1.51. The normalized spacial score (nSPS) is 19.4. The smallest absolute Gasteiger partial charge is 0.247 e. The molecule has 18 heavy (non-hydrogen) atoms. The van der Waals surface area contributed by atoms with Gasteiger partial charge in [-0.15, -0.1) is 0 Å². The van der Waals surface area contributed by atoms with Crippen molar-refractivity contribution in [2.24, 2.45) is 5.41 Å². The van der Waals surface area contributed by atoms with Crippen molar-refractivity contribution >= 4 is 17.3 Å². The average Bonchev–Trinajstić information content (AvgIpc) is 2.36. The van der Waals surface area contributed by atoms with Gasteiger partial charge in [-0.25, -0.2) is 0 Å². The number of fused-ring (bicyclic) bond motifs is 1. The zero-order chi connectivity index (χ0) is 13.3. The first kappa shape index (κ1) is 12.9. The van der Waals surface area contributed by atoms with E-state index < -0.39 is 0 Å². The summed E-state index contributed by atoms with van der Waals surface area (Å²) in [4.78, 5) is 14.6. The Kier molecular flexibility index (Phi) is 3.33. The molecule has 0 saturated heterocycles. The lowest BCUT2D eigenvalue weighted by atomic mass is 9.79. The molecule has 0 aromatic heterocycles. The SMILES string of the molecule is CCN1c2ccccc2NC(=O)C1C(C)(C)CC. The number of para-hydroxylation sites is 2. The van der Waals surface area contributed by atoms with E-state index in [1.807, 2.05) is 18.2 Å². The highest BCUT2D eigenvalue weighted by molar-refractivity contribution is 6.04. The third-order valence-corrected chi connectivity index (χ3v) is 4.02. The van der Waals surface area contributed by atoms with Crippen molar-refractivity contribution in [3.63, 3.8) is 0 Å². The maximum atomic E-state index is 12.4. The third-order valence-electron chi connectivity index (χ3n) is 4.02. The summed E-state index contributed by atoms with van der Waals surface area (Å²) in [6.45, 7) is 9.41. The van der Waals surface area contributed by atoms with Crippen LogP contribution in [0.15, 0.2) is 24.3 Å². The Morgan fingerprint density at radius 2 is 1.94 bits per heavy atom. The van der Waals surface area contributed by atoms with Gasteiger partial charge >= 0.3 is 0 Å². The van der Waals surface area contributed by atoms with Crippen LogP contribution in [0.4, 0.5) is 11.4 Å². The van der Waals surface area contributed by atoms with Gasteiger partial charge in [0.15, 0.2) is 0 Å². The molecule has 1 atom stereocenters. The van der Waals surface area contributed by atoms with Gasteiger partial charge in [-0.3, -0.25) is 4.79 Å². The van der Waals surface area contributed by atoms with Gasteiger partial charge < -0.3 is 10.2 Å². The molecule has 0 spiro atoms. The van der Waals surface area contributed by atoms with Gasteiger partial charge in [0.25, 0.3) is 0 Å². The zero-order valence-corrected chi connectivity index (χ0v) is 11.7. The third kappa shape index (κ3) is 1.98. The van der Waals surface area contributed by atoms with Gasteiger partial charge in [0.1, 0.15) is 6.04 Å². The van der Waals surface area contributed by atoms with Crippen molar-refractivity contribution in [2.45, 2.75) is 40.2 Å². The minimum Gasteiger partial charge on any atom is -0.358 e. The molecule has 1 heterocycles. The van der Waals surface area contributed by atoms with Gasteiger partial charge in [0, 0.05) is 6.54 Å². The molecule has 98 valence electrons. The highest BCUT2D eigenvalue weighted by Crippen LogP contribution is 2.39. The Morgan fingerprint density at radius 3 is 2.56 bits per heavy atom. The maximum absolute atomic E-state index is 12.4. The lowest BCUT2D eigenvalue weighted by molar-refractivity contribution is -0.120. The van der Waals surface area contributed by atoms with Crippen molar-refractivity contribution in [1.29, 1.82) is 0 Å². The van der Waals surface area contributed by atoms with Crippen LogP contribution in [-0.2, 0) is 4.79 Å². The van der Waals surface area contributed by atoms with E-state index in [0.717, 1.165) is 24.3 Å². The van der Waals surface area contributed by atoms with Crippen molar-refractivity contribution in [1.82, 2.24) is 0 Å². The first-order valence-corrected chi connectivity index (χ1v) is 6.67. The first-order valence-electron chi connectivity index (χ1n) is 6.67. The van der Waals surface area contributed by atoms with E-state index in [1.165, 1.54) is 0 Å². The summed E-state index contributed by atoms with van der Waals surface area (Å²) < 4.78 is 0. The highest BCUT2D eigenvalue weighted by Gasteiger charge is 2.41. The molecule has 0 radical (unpaired) electrons. The number of benzene rings is 1. The summed E-state index contributed by atoms with van der Waals surface area (Å²) in [5, 5.41) is 3.03. The molecule has 1 aliphatic heterocycles. The molecular weight excluding hydrogens is 224 g/mol. The van der Waals surface area contributed by atoms with Crippen molar-refractivity contribution in [2.75, 3.05) is 16.8 Å². The van der Waals surface area contributed by atoms with E-state index in [1.54, 1.807) is 0 Å². The number of rotatable bonds is 3. The molecule has 2 rings (SSSR count). The van der Waals surface area contributed by atoms with E-state index in [4.69, 9.17) is 0 Å². The number of hydrogen-bond acceptors (Lipinski definition) is 2. The Balaban J connectivity index is 2.48. The van der Waals surface area contributed by atoms with E-state index in [2.05, 4.69) is 44.0 Å². The number of likely N-dealkylation sites (N-methyl/N-ethyl adjacent to an activating group) is 1. The summed E-state index contributed by atoms with van der Waals surface area (Å²) in [5.74, 6) is 0.113. The summed E-state index contributed by atoms with van der Waals surface area (Å²) in [6.07, 6.45) is 0.976. The molecule has 1 aromatic carbocycles.